The zero-order valence-electron chi connectivity index (χ0n) is 13.7. The highest BCUT2D eigenvalue weighted by atomic mass is 19.1. The topological polar surface area (TPSA) is 59.8 Å². The van der Waals surface area contributed by atoms with Crippen LogP contribution < -0.4 is 5.32 Å². The quantitative estimate of drug-likeness (QED) is 0.787. The van der Waals surface area contributed by atoms with E-state index in [1.807, 2.05) is 13.0 Å². The van der Waals surface area contributed by atoms with Crippen molar-refractivity contribution < 1.29 is 9.18 Å². The van der Waals surface area contributed by atoms with Crippen molar-refractivity contribution in [2.75, 3.05) is 5.32 Å². The fourth-order valence-corrected chi connectivity index (χ4v) is 2.85. The van der Waals surface area contributed by atoms with Crippen LogP contribution in [0, 0.1) is 12.7 Å². The molecule has 0 radical (unpaired) electrons. The number of nitrogens with one attached hydrogen (secondary N) is 1. The number of hydrogen-bond donors (Lipinski definition) is 1. The van der Waals surface area contributed by atoms with Crippen molar-refractivity contribution in [1.82, 2.24) is 14.8 Å². The third-order valence-electron chi connectivity index (χ3n) is 4.23. The molecule has 3 aromatic rings. The smallest absolute Gasteiger partial charge is 0.255 e. The molecule has 126 valence electrons. The van der Waals surface area contributed by atoms with Crippen molar-refractivity contribution in [3.05, 3.63) is 71.6 Å². The van der Waals surface area contributed by atoms with Crippen molar-refractivity contribution in [2.24, 2.45) is 0 Å². The van der Waals surface area contributed by atoms with Crippen molar-refractivity contribution in [3.8, 4) is 5.69 Å². The molecule has 1 aliphatic carbocycles. The summed E-state index contributed by atoms with van der Waals surface area (Å²) in [7, 11) is 0. The molecule has 6 heteroatoms. The number of anilines is 1. The molecule has 0 unspecified atom stereocenters. The van der Waals surface area contributed by atoms with Crippen LogP contribution >= 0.6 is 0 Å². The molecule has 1 fully saturated rings. The molecule has 0 bridgehead atoms. The van der Waals surface area contributed by atoms with E-state index >= 15 is 0 Å². The van der Waals surface area contributed by atoms with Gasteiger partial charge in [-0.25, -0.2) is 9.07 Å². The summed E-state index contributed by atoms with van der Waals surface area (Å²) in [6.07, 6.45) is 5.32. The zero-order chi connectivity index (χ0) is 17.4. The summed E-state index contributed by atoms with van der Waals surface area (Å²) >= 11 is 0. The number of carbonyl (C=O) groups is 1. The molecule has 5 nitrogen and oxygen atoms in total. The highest BCUT2D eigenvalue weighted by molar-refractivity contribution is 6.04. The fourth-order valence-electron chi connectivity index (χ4n) is 2.85. The minimum atomic E-state index is -0.419. The third-order valence-corrected chi connectivity index (χ3v) is 4.23. The van der Waals surface area contributed by atoms with E-state index in [0.717, 1.165) is 24.2 Å². The van der Waals surface area contributed by atoms with Gasteiger partial charge in [0, 0.05) is 35.3 Å². The molecule has 1 aromatic carbocycles. The molecular formula is C19H17FN4O. The highest BCUT2D eigenvalue weighted by Gasteiger charge is 2.28. The zero-order valence-corrected chi connectivity index (χ0v) is 13.7. The second-order valence-corrected chi connectivity index (χ2v) is 6.25. The predicted molar refractivity (Wildman–Crippen MR) is 92.4 cm³/mol. The molecular weight excluding hydrogens is 319 g/mol. The van der Waals surface area contributed by atoms with Crippen LogP contribution in [-0.4, -0.2) is 20.7 Å². The van der Waals surface area contributed by atoms with Gasteiger partial charge in [-0.2, -0.15) is 5.10 Å². The Labute approximate surface area is 144 Å². The van der Waals surface area contributed by atoms with Crippen LogP contribution in [0.25, 0.3) is 5.69 Å². The monoisotopic (exact) mass is 336 g/mol. The summed E-state index contributed by atoms with van der Waals surface area (Å²) < 4.78 is 16.3. The normalized spacial score (nSPS) is 13.7. The summed E-state index contributed by atoms with van der Waals surface area (Å²) in [6.45, 7) is 1.91. The lowest BCUT2D eigenvalue weighted by molar-refractivity contribution is 0.102. The van der Waals surface area contributed by atoms with E-state index in [-0.39, 0.29) is 5.91 Å². The Balaban J connectivity index is 1.60. The number of aryl methyl sites for hydroxylation is 1. The molecule has 0 saturated heterocycles. The highest BCUT2D eigenvalue weighted by Crippen LogP contribution is 2.41. The number of benzene rings is 1. The molecule has 1 saturated carbocycles. The standard InChI is InChI=1S/C19H17FN4O/c1-12-10-18(13-2-3-13)24(23-12)17-5-4-15(11-16(17)20)22-19(25)14-6-8-21-9-7-14/h4-11,13H,2-3H2,1H3,(H,22,25). The Morgan fingerprint density at radius 1 is 1.20 bits per heavy atom. The van der Waals surface area contributed by atoms with Gasteiger partial charge in [-0.05, 0) is 56.2 Å². The molecule has 2 heterocycles. The van der Waals surface area contributed by atoms with E-state index < -0.39 is 5.82 Å². The molecule has 0 aliphatic heterocycles. The minimum Gasteiger partial charge on any atom is -0.322 e. The Kier molecular flexibility index (Phi) is 3.80. The molecule has 1 aliphatic rings. The van der Waals surface area contributed by atoms with Gasteiger partial charge >= 0.3 is 0 Å². The van der Waals surface area contributed by atoms with Crippen LogP contribution in [0.3, 0.4) is 0 Å². The Morgan fingerprint density at radius 3 is 2.64 bits per heavy atom. The summed E-state index contributed by atoms with van der Waals surface area (Å²) in [5.41, 5.74) is 3.19. The Bertz CT molecular complexity index is 932. The van der Waals surface area contributed by atoms with Gasteiger partial charge in [0.1, 0.15) is 5.69 Å². The lowest BCUT2D eigenvalue weighted by Gasteiger charge is -2.10. The summed E-state index contributed by atoms with van der Waals surface area (Å²) in [5, 5.41) is 7.12. The number of rotatable bonds is 4. The van der Waals surface area contributed by atoms with Gasteiger partial charge in [-0.15, -0.1) is 0 Å². The van der Waals surface area contributed by atoms with E-state index in [1.165, 1.54) is 18.5 Å². The Hall–Kier alpha value is -3.02. The number of carbonyl (C=O) groups excluding carboxylic acids is 1. The summed E-state index contributed by atoms with van der Waals surface area (Å²) in [4.78, 5) is 16.0. The molecule has 2 aromatic heterocycles. The first-order chi connectivity index (χ1) is 12.1. The second-order valence-electron chi connectivity index (χ2n) is 6.25. The number of halogens is 1. The van der Waals surface area contributed by atoms with Crippen molar-refractivity contribution in [3.63, 3.8) is 0 Å². The maximum atomic E-state index is 14.6. The van der Waals surface area contributed by atoms with Gasteiger partial charge in [0.2, 0.25) is 0 Å². The largest absolute Gasteiger partial charge is 0.322 e. The van der Waals surface area contributed by atoms with Gasteiger partial charge in [-0.3, -0.25) is 9.78 Å². The maximum absolute atomic E-state index is 14.6. The molecule has 1 N–H and O–H groups in total. The second kappa shape index (κ2) is 6.12. The maximum Gasteiger partial charge on any atom is 0.255 e. The van der Waals surface area contributed by atoms with Crippen LogP contribution in [-0.2, 0) is 0 Å². The van der Waals surface area contributed by atoms with E-state index in [2.05, 4.69) is 15.4 Å². The number of pyridine rings is 1. The van der Waals surface area contributed by atoms with Crippen LogP contribution in [0.1, 0.15) is 40.5 Å². The van der Waals surface area contributed by atoms with Crippen LogP contribution in [0.2, 0.25) is 0 Å². The van der Waals surface area contributed by atoms with E-state index in [0.29, 0.717) is 22.9 Å². The van der Waals surface area contributed by atoms with Gasteiger partial charge in [-0.1, -0.05) is 0 Å². The molecule has 0 atom stereocenters. The number of aromatic nitrogens is 3. The van der Waals surface area contributed by atoms with Crippen LogP contribution in [0.15, 0.2) is 48.8 Å². The molecule has 1 amide bonds. The number of nitrogens with zero attached hydrogens (tertiary/aromatic N) is 3. The first-order valence-electron chi connectivity index (χ1n) is 8.19. The van der Waals surface area contributed by atoms with Crippen LogP contribution in [0.5, 0.6) is 0 Å². The summed E-state index contributed by atoms with van der Waals surface area (Å²) in [5.74, 6) is -0.257. The van der Waals surface area contributed by atoms with Crippen molar-refractivity contribution in [1.29, 1.82) is 0 Å². The molecule has 0 spiro atoms. The molecule has 4 rings (SSSR count). The average molecular weight is 336 g/mol. The van der Waals surface area contributed by atoms with Crippen molar-refractivity contribution >= 4 is 11.6 Å². The SMILES string of the molecule is Cc1cc(C2CC2)n(-c2ccc(NC(=O)c3ccncc3)cc2F)n1. The lowest BCUT2D eigenvalue weighted by Crippen LogP contribution is -2.12. The fraction of sp³-hybridized carbons (Fsp3) is 0.211. The summed E-state index contributed by atoms with van der Waals surface area (Å²) in [6, 6.07) is 9.88. The van der Waals surface area contributed by atoms with E-state index in [9.17, 15) is 9.18 Å². The van der Waals surface area contributed by atoms with Crippen molar-refractivity contribution in [2.45, 2.75) is 25.7 Å². The molecule has 25 heavy (non-hydrogen) atoms. The Morgan fingerprint density at radius 2 is 1.96 bits per heavy atom. The third kappa shape index (κ3) is 3.15. The van der Waals surface area contributed by atoms with Crippen LogP contribution in [0.4, 0.5) is 10.1 Å². The van der Waals surface area contributed by atoms with Gasteiger partial charge in [0.25, 0.3) is 5.91 Å². The van der Waals surface area contributed by atoms with Gasteiger partial charge in [0.15, 0.2) is 5.82 Å². The van der Waals surface area contributed by atoms with E-state index in [1.54, 1.807) is 28.9 Å². The van der Waals surface area contributed by atoms with Gasteiger partial charge in [0.05, 0.1) is 5.69 Å². The average Bonchev–Trinajstić information content (AvgIpc) is 3.38. The first kappa shape index (κ1) is 15.5. The number of hydrogen-bond acceptors (Lipinski definition) is 3. The minimum absolute atomic E-state index is 0.303. The first-order valence-corrected chi connectivity index (χ1v) is 8.19. The lowest BCUT2D eigenvalue weighted by atomic mass is 10.2. The predicted octanol–water partition coefficient (Wildman–Crippen LogP) is 3.84. The number of amides is 1. The van der Waals surface area contributed by atoms with E-state index in [4.69, 9.17) is 0 Å². The van der Waals surface area contributed by atoms with Gasteiger partial charge < -0.3 is 5.32 Å².